The van der Waals surface area contributed by atoms with E-state index in [9.17, 15) is 18.8 Å². The summed E-state index contributed by atoms with van der Waals surface area (Å²) in [7, 11) is 0. The lowest BCUT2D eigenvalue weighted by atomic mass is 10.0. The highest BCUT2D eigenvalue weighted by molar-refractivity contribution is 5.91. The number of nitrogens with zero attached hydrogens (tertiary/aromatic N) is 1. The van der Waals surface area contributed by atoms with Crippen molar-refractivity contribution in [1.29, 1.82) is 0 Å². The maximum atomic E-state index is 13.3. The highest BCUT2D eigenvalue weighted by Gasteiger charge is 2.34. The van der Waals surface area contributed by atoms with Gasteiger partial charge in [0.05, 0.1) is 6.42 Å². The van der Waals surface area contributed by atoms with Crippen LogP contribution in [-0.2, 0) is 16.0 Å². The monoisotopic (exact) mass is 393 g/mol. The Hall–Kier alpha value is -3.48. The average molecular weight is 393 g/mol. The Labute approximate surface area is 166 Å². The van der Waals surface area contributed by atoms with Gasteiger partial charge in [-0.25, -0.2) is 4.39 Å². The number of hydrogen-bond donors (Lipinski definition) is 2. The lowest BCUT2D eigenvalue weighted by Gasteiger charge is -2.35. The number of nitrogens with one attached hydrogen (secondary N) is 2. The molecule has 2 N–H and O–H groups in total. The summed E-state index contributed by atoms with van der Waals surface area (Å²) in [4.78, 5) is 41.6. The highest BCUT2D eigenvalue weighted by Crippen LogP contribution is 2.25. The van der Waals surface area contributed by atoms with E-state index < -0.39 is 11.9 Å². The molecular formula is C22H20FN3O3. The number of benzene rings is 2. The largest absolute Gasteiger partial charge is 0.352 e. The van der Waals surface area contributed by atoms with Gasteiger partial charge in [0, 0.05) is 24.2 Å². The maximum Gasteiger partial charge on any atom is 0.251 e. The molecule has 1 fully saturated rings. The van der Waals surface area contributed by atoms with Crippen LogP contribution in [0.25, 0.3) is 10.9 Å². The number of carbonyl (C=O) groups excluding carboxylic acids is 2. The Kier molecular flexibility index (Phi) is 4.88. The lowest BCUT2D eigenvalue weighted by Crippen LogP contribution is -2.52. The quantitative estimate of drug-likeness (QED) is 0.716. The third-order valence-electron chi connectivity index (χ3n) is 5.17. The van der Waals surface area contributed by atoms with Crippen LogP contribution in [0, 0.1) is 12.7 Å². The van der Waals surface area contributed by atoms with Gasteiger partial charge in [-0.15, -0.1) is 0 Å². The molecule has 0 bridgehead atoms. The number of aromatic nitrogens is 1. The number of piperazine rings is 1. The molecule has 148 valence electrons. The van der Waals surface area contributed by atoms with Gasteiger partial charge in [0.15, 0.2) is 0 Å². The van der Waals surface area contributed by atoms with Crippen molar-refractivity contribution < 1.29 is 14.0 Å². The first kappa shape index (κ1) is 18.9. The molecule has 1 atom stereocenters. The van der Waals surface area contributed by atoms with Crippen molar-refractivity contribution in [3.05, 3.63) is 81.4 Å². The fourth-order valence-corrected chi connectivity index (χ4v) is 3.66. The van der Waals surface area contributed by atoms with E-state index >= 15 is 0 Å². The SMILES string of the molecule is Cc1cc2cc(CC(=O)N3CCNC(=O)C3c3ccc(F)cc3)ccc2[nH]c1=O. The Bertz CT molecular complexity index is 1150. The van der Waals surface area contributed by atoms with Crippen molar-refractivity contribution in [2.75, 3.05) is 13.1 Å². The summed E-state index contributed by atoms with van der Waals surface area (Å²) < 4.78 is 13.3. The smallest absolute Gasteiger partial charge is 0.251 e. The molecule has 7 heteroatoms. The first-order valence-corrected chi connectivity index (χ1v) is 9.37. The molecule has 2 amide bonds. The van der Waals surface area contributed by atoms with Gasteiger partial charge < -0.3 is 15.2 Å². The van der Waals surface area contributed by atoms with Gasteiger partial charge in [-0.1, -0.05) is 18.2 Å². The molecule has 0 saturated carbocycles. The molecule has 1 aliphatic rings. The summed E-state index contributed by atoms with van der Waals surface area (Å²) in [6.45, 7) is 2.49. The van der Waals surface area contributed by atoms with Gasteiger partial charge in [-0.3, -0.25) is 14.4 Å². The van der Waals surface area contributed by atoms with Crippen molar-refractivity contribution in [3.63, 3.8) is 0 Å². The number of H-pyrrole nitrogens is 1. The molecule has 1 aliphatic heterocycles. The summed E-state index contributed by atoms with van der Waals surface area (Å²) in [5.41, 5.74) is 2.53. The number of fused-ring (bicyclic) bond motifs is 1. The van der Waals surface area contributed by atoms with Gasteiger partial charge in [0.2, 0.25) is 11.8 Å². The number of aryl methyl sites for hydroxylation is 1. The van der Waals surface area contributed by atoms with E-state index in [1.54, 1.807) is 25.1 Å². The van der Waals surface area contributed by atoms with Crippen LogP contribution in [-0.4, -0.2) is 34.8 Å². The molecule has 4 rings (SSSR count). The molecule has 3 aromatic rings. The minimum atomic E-state index is -0.782. The van der Waals surface area contributed by atoms with E-state index in [0.717, 1.165) is 10.9 Å². The van der Waals surface area contributed by atoms with Gasteiger partial charge in [-0.2, -0.15) is 0 Å². The van der Waals surface area contributed by atoms with Gasteiger partial charge in [0.1, 0.15) is 11.9 Å². The predicted molar refractivity (Wildman–Crippen MR) is 107 cm³/mol. The van der Waals surface area contributed by atoms with Crippen LogP contribution in [0.4, 0.5) is 4.39 Å². The first-order valence-electron chi connectivity index (χ1n) is 9.37. The molecule has 0 radical (unpaired) electrons. The normalized spacial score (nSPS) is 16.7. The third kappa shape index (κ3) is 3.76. The topological polar surface area (TPSA) is 82.3 Å². The minimum absolute atomic E-state index is 0.124. The molecule has 2 heterocycles. The summed E-state index contributed by atoms with van der Waals surface area (Å²) in [5, 5.41) is 3.62. The number of hydrogen-bond acceptors (Lipinski definition) is 3. The Morgan fingerprint density at radius 3 is 2.66 bits per heavy atom. The van der Waals surface area contributed by atoms with E-state index in [2.05, 4.69) is 10.3 Å². The van der Waals surface area contributed by atoms with Gasteiger partial charge in [0.25, 0.3) is 5.56 Å². The summed E-state index contributed by atoms with van der Waals surface area (Å²) in [6, 6.07) is 12.1. The van der Waals surface area contributed by atoms with Crippen molar-refractivity contribution in [2.24, 2.45) is 0 Å². The first-order chi connectivity index (χ1) is 13.9. The van der Waals surface area contributed by atoms with E-state index in [0.29, 0.717) is 29.7 Å². The summed E-state index contributed by atoms with van der Waals surface area (Å²) in [5.74, 6) is -0.857. The predicted octanol–water partition coefficient (Wildman–Crippen LogP) is 2.22. The van der Waals surface area contributed by atoms with Crippen LogP contribution in [0.3, 0.4) is 0 Å². The Morgan fingerprint density at radius 1 is 1.14 bits per heavy atom. The number of amides is 2. The number of carbonyl (C=O) groups is 2. The second-order valence-electron chi connectivity index (χ2n) is 7.21. The number of halogens is 1. The zero-order valence-electron chi connectivity index (χ0n) is 15.9. The van der Waals surface area contributed by atoms with Gasteiger partial charge >= 0.3 is 0 Å². The molecule has 6 nitrogen and oxygen atoms in total. The Morgan fingerprint density at radius 2 is 1.90 bits per heavy atom. The average Bonchev–Trinajstić information content (AvgIpc) is 2.70. The molecule has 0 aliphatic carbocycles. The second kappa shape index (κ2) is 7.50. The van der Waals surface area contributed by atoms with Crippen molar-refractivity contribution in [2.45, 2.75) is 19.4 Å². The van der Waals surface area contributed by atoms with Gasteiger partial charge in [-0.05, 0) is 53.8 Å². The zero-order valence-corrected chi connectivity index (χ0v) is 15.9. The van der Waals surface area contributed by atoms with Crippen LogP contribution >= 0.6 is 0 Å². The number of aromatic amines is 1. The fourth-order valence-electron chi connectivity index (χ4n) is 3.66. The molecule has 1 aromatic heterocycles. The third-order valence-corrected chi connectivity index (χ3v) is 5.17. The minimum Gasteiger partial charge on any atom is -0.352 e. The molecule has 1 unspecified atom stereocenters. The van der Waals surface area contributed by atoms with Crippen LogP contribution in [0.15, 0.2) is 53.3 Å². The second-order valence-corrected chi connectivity index (χ2v) is 7.21. The standard InChI is InChI=1S/C22H20FN3O3/c1-13-10-16-11-14(2-7-18(16)25-21(13)28)12-19(27)26-9-8-24-22(29)20(26)15-3-5-17(23)6-4-15/h2-7,10-11,20H,8-9,12H2,1H3,(H,24,29)(H,25,28). The van der Waals surface area contributed by atoms with Crippen molar-refractivity contribution in [1.82, 2.24) is 15.2 Å². The summed E-state index contributed by atoms with van der Waals surface area (Å²) in [6.07, 6.45) is 0.124. The molecule has 29 heavy (non-hydrogen) atoms. The van der Waals surface area contributed by atoms with Crippen LogP contribution < -0.4 is 10.9 Å². The molecule has 1 saturated heterocycles. The number of pyridine rings is 1. The van der Waals surface area contributed by atoms with E-state index in [-0.39, 0.29) is 23.8 Å². The lowest BCUT2D eigenvalue weighted by molar-refractivity contribution is -0.143. The summed E-state index contributed by atoms with van der Waals surface area (Å²) >= 11 is 0. The maximum absolute atomic E-state index is 13.3. The van der Waals surface area contributed by atoms with Crippen LogP contribution in [0.1, 0.15) is 22.7 Å². The molecular weight excluding hydrogens is 373 g/mol. The van der Waals surface area contributed by atoms with E-state index in [1.165, 1.54) is 29.2 Å². The Balaban J connectivity index is 1.61. The van der Waals surface area contributed by atoms with E-state index in [1.807, 2.05) is 6.07 Å². The van der Waals surface area contributed by atoms with Crippen LogP contribution in [0.2, 0.25) is 0 Å². The zero-order chi connectivity index (χ0) is 20.5. The highest BCUT2D eigenvalue weighted by atomic mass is 19.1. The van der Waals surface area contributed by atoms with E-state index in [4.69, 9.17) is 0 Å². The van der Waals surface area contributed by atoms with Crippen LogP contribution in [0.5, 0.6) is 0 Å². The molecule has 2 aromatic carbocycles. The van der Waals surface area contributed by atoms with Crippen molar-refractivity contribution in [3.8, 4) is 0 Å². The van der Waals surface area contributed by atoms with Crippen molar-refractivity contribution >= 4 is 22.7 Å². The molecule has 0 spiro atoms. The fraction of sp³-hybridized carbons (Fsp3) is 0.227. The number of rotatable bonds is 3.